The van der Waals surface area contributed by atoms with Crippen molar-refractivity contribution in [1.82, 2.24) is 9.47 Å². The second kappa shape index (κ2) is 6.91. The van der Waals surface area contributed by atoms with Crippen molar-refractivity contribution in [1.29, 1.82) is 0 Å². The molecule has 1 aromatic carbocycles. The van der Waals surface area contributed by atoms with Crippen LogP contribution in [0.1, 0.15) is 11.3 Å². The number of carbonyl (C=O) groups excluding carboxylic acids is 1. The molecule has 0 spiro atoms. The number of ether oxygens (including phenoxy) is 2. The number of likely N-dealkylation sites (N-methyl/N-ethyl adjacent to an activating group) is 1. The van der Waals surface area contributed by atoms with Gasteiger partial charge in [-0.1, -0.05) is 0 Å². The lowest BCUT2D eigenvalue weighted by Crippen LogP contribution is -2.19. The van der Waals surface area contributed by atoms with E-state index in [1.807, 2.05) is 33.2 Å². The number of anilines is 1. The van der Waals surface area contributed by atoms with Crippen LogP contribution in [-0.2, 0) is 22.5 Å². The zero-order valence-electron chi connectivity index (χ0n) is 14.5. The number of benzene rings is 1. The third kappa shape index (κ3) is 3.42. The van der Waals surface area contributed by atoms with Gasteiger partial charge in [-0.15, -0.1) is 0 Å². The fourth-order valence-corrected chi connectivity index (χ4v) is 2.79. The topological polar surface area (TPSA) is 69.7 Å². The maximum absolute atomic E-state index is 11.8. The molecule has 6 nitrogen and oxygen atoms in total. The highest BCUT2D eigenvalue weighted by molar-refractivity contribution is 5.93. The third-order valence-corrected chi connectivity index (χ3v) is 4.13. The van der Waals surface area contributed by atoms with E-state index >= 15 is 0 Å². The van der Waals surface area contributed by atoms with Crippen LogP contribution in [0.3, 0.4) is 0 Å². The van der Waals surface area contributed by atoms with Gasteiger partial charge < -0.3 is 24.7 Å². The Hall–Kier alpha value is -2.21. The predicted octanol–water partition coefficient (Wildman–Crippen LogP) is 1.82. The molecule has 0 fully saturated rings. The molecule has 23 heavy (non-hydrogen) atoms. The van der Waals surface area contributed by atoms with Crippen molar-refractivity contribution < 1.29 is 14.3 Å². The Kier molecular flexibility index (Phi) is 5.15. The number of rotatable bonds is 6. The molecular formula is C17H25N3O3. The molecule has 0 saturated carbocycles. The van der Waals surface area contributed by atoms with E-state index in [0.29, 0.717) is 11.4 Å². The molecule has 1 heterocycles. The average molecular weight is 319 g/mol. The quantitative estimate of drug-likeness (QED) is 0.650. The molecule has 0 atom stereocenters. The molecule has 0 unspecified atom stereocenters. The number of aromatic nitrogens is 1. The fraction of sp³-hybridized carbons (Fsp3) is 0.471. The van der Waals surface area contributed by atoms with Crippen LogP contribution < -0.4 is 10.5 Å². The first kappa shape index (κ1) is 17.1. The number of hydrogen-bond donors (Lipinski definition) is 1. The molecule has 2 N–H and O–H groups in total. The van der Waals surface area contributed by atoms with Crippen molar-refractivity contribution in [2.45, 2.75) is 19.9 Å². The summed E-state index contributed by atoms with van der Waals surface area (Å²) in [4.78, 5) is 13.9. The molecule has 0 aliphatic carbocycles. The molecule has 0 amide bonds. The summed E-state index contributed by atoms with van der Waals surface area (Å²) in [5, 5.41) is 0.984. The molecule has 0 bridgehead atoms. The van der Waals surface area contributed by atoms with Gasteiger partial charge in [0.05, 0.1) is 31.8 Å². The van der Waals surface area contributed by atoms with Crippen LogP contribution in [0, 0.1) is 6.92 Å². The second-order valence-corrected chi connectivity index (χ2v) is 5.88. The minimum Gasteiger partial charge on any atom is -0.495 e. The van der Waals surface area contributed by atoms with Crippen LogP contribution in [-0.4, -0.2) is 50.3 Å². The van der Waals surface area contributed by atoms with Crippen molar-refractivity contribution in [3.63, 3.8) is 0 Å². The SMILES string of the molecule is COC(=O)Cc1c(C)n(CCN(C)C)c2cc(N)c(OC)cc12. The summed E-state index contributed by atoms with van der Waals surface area (Å²) in [6.07, 6.45) is 0.237. The van der Waals surface area contributed by atoms with E-state index in [2.05, 4.69) is 9.47 Å². The van der Waals surface area contributed by atoms with Crippen LogP contribution in [0.2, 0.25) is 0 Å². The Balaban J connectivity index is 2.62. The summed E-state index contributed by atoms with van der Waals surface area (Å²) in [6, 6.07) is 3.82. The summed E-state index contributed by atoms with van der Waals surface area (Å²) < 4.78 is 12.4. The number of carbonyl (C=O) groups is 1. The van der Waals surface area contributed by atoms with Gasteiger partial charge in [0.15, 0.2) is 0 Å². The first-order valence-electron chi connectivity index (χ1n) is 7.55. The minimum atomic E-state index is -0.254. The number of nitrogens with two attached hydrogens (primary N) is 1. The van der Waals surface area contributed by atoms with E-state index in [-0.39, 0.29) is 12.4 Å². The predicted molar refractivity (Wildman–Crippen MR) is 91.9 cm³/mol. The van der Waals surface area contributed by atoms with E-state index in [1.165, 1.54) is 7.11 Å². The van der Waals surface area contributed by atoms with Gasteiger partial charge in [0.25, 0.3) is 0 Å². The Labute approximate surface area is 136 Å². The van der Waals surface area contributed by atoms with Gasteiger partial charge in [0.1, 0.15) is 5.75 Å². The normalized spacial score (nSPS) is 11.2. The molecule has 0 saturated heterocycles. The highest BCUT2D eigenvalue weighted by atomic mass is 16.5. The fourth-order valence-electron chi connectivity index (χ4n) is 2.79. The minimum absolute atomic E-state index is 0.237. The lowest BCUT2D eigenvalue weighted by atomic mass is 10.1. The Bertz CT molecular complexity index is 720. The lowest BCUT2D eigenvalue weighted by Gasteiger charge is -2.13. The van der Waals surface area contributed by atoms with Gasteiger partial charge in [-0.3, -0.25) is 4.79 Å². The zero-order chi connectivity index (χ0) is 17.1. The van der Waals surface area contributed by atoms with E-state index in [1.54, 1.807) is 7.11 Å². The molecular weight excluding hydrogens is 294 g/mol. The lowest BCUT2D eigenvalue weighted by molar-refractivity contribution is -0.139. The Morgan fingerprint density at radius 2 is 2.00 bits per heavy atom. The second-order valence-electron chi connectivity index (χ2n) is 5.88. The van der Waals surface area contributed by atoms with Crippen LogP contribution in [0.4, 0.5) is 5.69 Å². The largest absolute Gasteiger partial charge is 0.495 e. The molecule has 6 heteroatoms. The van der Waals surface area contributed by atoms with Crippen molar-refractivity contribution in [3.05, 3.63) is 23.4 Å². The van der Waals surface area contributed by atoms with E-state index < -0.39 is 0 Å². The van der Waals surface area contributed by atoms with Gasteiger partial charge in [-0.05, 0) is 38.7 Å². The number of nitrogen functional groups attached to an aromatic ring is 1. The molecule has 2 aromatic rings. The van der Waals surface area contributed by atoms with Gasteiger partial charge in [-0.25, -0.2) is 0 Å². The monoisotopic (exact) mass is 319 g/mol. The first-order valence-corrected chi connectivity index (χ1v) is 7.55. The summed E-state index contributed by atoms with van der Waals surface area (Å²) in [5.74, 6) is 0.365. The van der Waals surface area contributed by atoms with Crippen molar-refractivity contribution in [2.24, 2.45) is 0 Å². The summed E-state index contributed by atoms with van der Waals surface area (Å²) in [6.45, 7) is 3.74. The van der Waals surface area contributed by atoms with Gasteiger partial charge in [0, 0.05) is 24.2 Å². The Morgan fingerprint density at radius 3 is 2.57 bits per heavy atom. The Morgan fingerprint density at radius 1 is 1.30 bits per heavy atom. The zero-order valence-corrected chi connectivity index (χ0v) is 14.5. The number of hydrogen-bond acceptors (Lipinski definition) is 5. The van der Waals surface area contributed by atoms with Crippen LogP contribution >= 0.6 is 0 Å². The maximum Gasteiger partial charge on any atom is 0.310 e. The molecule has 0 aliphatic rings. The standard InChI is InChI=1S/C17H25N3O3/c1-11-12(9-17(21)23-5)13-8-16(22-4)14(18)10-15(13)20(11)7-6-19(2)3/h8,10H,6-7,9,18H2,1-5H3. The van der Waals surface area contributed by atoms with Crippen LogP contribution in [0.25, 0.3) is 10.9 Å². The molecule has 126 valence electrons. The van der Waals surface area contributed by atoms with Gasteiger partial charge in [0.2, 0.25) is 0 Å². The average Bonchev–Trinajstić information content (AvgIpc) is 2.75. The summed E-state index contributed by atoms with van der Waals surface area (Å²) in [5.41, 5.74) is 9.69. The van der Waals surface area contributed by atoms with E-state index in [4.69, 9.17) is 15.2 Å². The van der Waals surface area contributed by atoms with E-state index in [9.17, 15) is 4.79 Å². The highest BCUT2D eigenvalue weighted by Gasteiger charge is 2.19. The first-order chi connectivity index (χ1) is 10.9. The van der Waals surface area contributed by atoms with Crippen molar-refractivity contribution in [2.75, 3.05) is 40.6 Å². The van der Waals surface area contributed by atoms with E-state index in [0.717, 1.165) is 35.2 Å². The van der Waals surface area contributed by atoms with Crippen LogP contribution in [0.5, 0.6) is 5.75 Å². The van der Waals surface area contributed by atoms with Crippen molar-refractivity contribution >= 4 is 22.6 Å². The van der Waals surface area contributed by atoms with Gasteiger partial charge in [-0.2, -0.15) is 0 Å². The maximum atomic E-state index is 11.8. The molecule has 1 aromatic heterocycles. The molecule has 0 radical (unpaired) electrons. The van der Waals surface area contributed by atoms with Crippen molar-refractivity contribution in [3.8, 4) is 5.75 Å². The number of methoxy groups -OCH3 is 2. The number of esters is 1. The molecule has 2 rings (SSSR count). The number of fused-ring (bicyclic) bond motifs is 1. The summed E-state index contributed by atoms with van der Waals surface area (Å²) in [7, 11) is 7.07. The third-order valence-electron chi connectivity index (χ3n) is 4.13. The van der Waals surface area contributed by atoms with Gasteiger partial charge >= 0.3 is 5.97 Å². The summed E-state index contributed by atoms with van der Waals surface area (Å²) >= 11 is 0. The molecule has 0 aliphatic heterocycles. The number of nitrogens with zero attached hydrogens (tertiary/aromatic N) is 2. The van der Waals surface area contributed by atoms with Crippen LogP contribution in [0.15, 0.2) is 12.1 Å². The smallest absolute Gasteiger partial charge is 0.310 e. The highest BCUT2D eigenvalue weighted by Crippen LogP contribution is 2.34.